The van der Waals surface area contributed by atoms with Gasteiger partial charge in [-0.05, 0) is 19.8 Å². The quantitative estimate of drug-likeness (QED) is 0.600. The van der Waals surface area contributed by atoms with Gasteiger partial charge in [-0.15, -0.1) is 0 Å². The van der Waals surface area contributed by atoms with Crippen LogP contribution in [0, 0.1) is 0 Å². The van der Waals surface area contributed by atoms with Gasteiger partial charge in [-0.2, -0.15) is 0 Å². The number of likely N-dealkylation sites (tertiary alicyclic amines) is 1. The van der Waals surface area contributed by atoms with E-state index in [4.69, 9.17) is 10.2 Å². The number of nitrogens with zero attached hydrogens (tertiary/aromatic N) is 1. The molecule has 8 nitrogen and oxygen atoms in total. The Kier molecular flexibility index (Phi) is 5.48. The van der Waals surface area contributed by atoms with Crippen LogP contribution in [0.3, 0.4) is 0 Å². The summed E-state index contributed by atoms with van der Waals surface area (Å²) in [4.78, 5) is 46.1. The fraction of sp³-hybridized carbons (Fsp3) is 0.667. The van der Waals surface area contributed by atoms with Gasteiger partial charge in [0.05, 0.1) is 6.42 Å². The lowest BCUT2D eigenvalue weighted by atomic mass is 10.2. The summed E-state index contributed by atoms with van der Waals surface area (Å²) < 4.78 is 0. The molecule has 0 spiro atoms. The average Bonchev–Trinajstić information content (AvgIpc) is 2.84. The number of hydrogen-bond acceptors (Lipinski definition) is 4. The highest BCUT2D eigenvalue weighted by Gasteiger charge is 2.36. The van der Waals surface area contributed by atoms with Crippen molar-refractivity contribution in [3.63, 3.8) is 0 Å². The van der Waals surface area contributed by atoms with E-state index in [0.717, 1.165) is 0 Å². The SMILES string of the molecule is CC(NC(=O)CCC(=O)O)C(=O)N1CCCC1C(=O)O. The lowest BCUT2D eigenvalue weighted by molar-refractivity contribution is -0.149. The molecule has 1 fully saturated rings. The molecule has 0 aromatic rings. The summed E-state index contributed by atoms with van der Waals surface area (Å²) in [6, 6.07) is -1.71. The molecule has 20 heavy (non-hydrogen) atoms. The van der Waals surface area contributed by atoms with Crippen LogP contribution in [0.2, 0.25) is 0 Å². The zero-order chi connectivity index (χ0) is 15.3. The maximum atomic E-state index is 12.1. The largest absolute Gasteiger partial charge is 0.481 e. The van der Waals surface area contributed by atoms with Crippen molar-refractivity contribution in [3.05, 3.63) is 0 Å². The van der Waals surface area contributed by atoms with E-state index in [0.29, 0.717) is 19.4 Å². The first-order valence-electron chi connectivity index (χ1n) is 6.37. The van der Waals surface area contributed by atoms with E-state index in [1.165, 1.54) is 11.8 Å². The molecule has 1 aliphatic heterocycles. The average molecular weight is 286 g/mol. The zero-order valence-electron chi connectivity index (χ0n) is 11.2. The Morgan fingerprint density at radius 1 is 1.25 bits per heavy atom. The molecule has 0 aliphatic carbocycles. The van der Waals surface area contributed by atoms with Gasteiger partial charge in [-0.3, -0.25) is 14.4 Å². The summed E-state index contributed by atoms with van der Waals surface area (Å²) in [5.74, 6) is -3.15. The second-order valence-electron chi connectivity index (χ2n) is 4.71. The summed E-state index contributed by atoms with van der Waals surface area (Å²) in [6.07, 6.45) is 0.493. The van der Waals surface area contributed by atoms with E-state index in [-0.39, 0.29) is 12.8 Å². The number of nitrogens with one attached hydrogen (secondary N) is 1. The molecule has 1 rings (SSSR count). The van der Waals surface area contributed by atoms with E-state index >= 15 is 0 Å². The van der Waals surface area contributed by atoms with Gasteiger partial charge < -0.3 is 20.4 Å². The molecule has 8 heteroatoms. The lowest BCUT2D eigenvalue weighted by Gasteiger charge is -2.25. The van der Waals surface area contributed by atoms with Crippen LogP contribution in [0.5, 0.6) is 0 Å². The van der Waals surface area contributed by atoms with Crippen LogP contribution in [0.25, 0.3) is 0 Å². The molecule has 2 amide bonds. The molecule has 0 radical (unpaired) electrons. The monoisotopic (exact) mass is 286 g/mol. The van der Waals surface area contributed by atoms with Crippen molar-refractivity contribution in [1.29, 1.82) is 0 Å². The Morgan fingerprint density at radius 3 is 2.45 bits per heavy atom. The third-order valence-electron chi connectivity index (χ3n) is 3.13. The fourth-order valence-electron chi connectivity index (χ4n) is 2.13. The third kappa shape index (κ3) is 4.22. The molecule has 0 saturated carbocycles. The number of aliphatic carboxylic acids is 2. The molecule has 0 aromatic heterocycles. The molecular weight excluding hydrogens is 268 g/mol. The predicted molar refractivity (Wildman–Crippen MR) is 66.8 cm³/mol. The number of amides is 2. The maximum absolute atomic E-state index is 12.1. The fourth-order valence-corrected chi connectivity index (χ4v) is 2.13. The highest BCUT2D eigenvalue weighted by Crippen LogP contribution is 2.18. The van der Waals surface area contributed by atoms with Gasteiger partial charge >= 0.3 is 11.9 Å². The van der Waals surface area contributed by atoms with Crippen LogP contribution >= 0.6 is 0 Å². The predicted octanol–water partition coefficient (Wildman–Crippen LogP) is -0.568. The summed E-state index contributed by atoms with van der Waals surface area (Å²) >= 11 is 0. The van der Waals surface area contributed by atoms with Crippen molar-refractivity contribution in [2.75, 3.05) is 6.54 Å². The number of carboxylic acids is 2. The molecule has 2 atom stereocenters. The van der Waals surface area contributed by atoms with Crippen molar-refractivity contribution in [2.24, 2.45) is 0 Å². The first kappa shape index (κ1) is 15.9. The number of hydrogen-bond donors (Lipinski definition) is 3. The van der Waals surface area contributed by atoms with Crippen LogP contribution in [0.4, 0.5) is 0 Å². The van der Waals surface area contributed by atoms with E-state index in [1.54, 1.807) is 0 Å². The molecule has 0 aromatic carbocycles. The van der Waals surface area contributed by atoms with Crippen molar-refractivity contribution in [3.8, 4) is 0 Å². The molecule has 1 heterocycles. The molecule has 112 valence electrons. The van der Waals surface area contributed by atoms with Crippen LogP contribution in [-0.4, -0.2) is 57.5 Å². The van der Waals surface area contributed by atoms with Crippen molar-refractivity contribution in [1.82, 2.24) is 10.2 Å². The van der Waals surface area contributed by atoms with Crippen LogP contribution in [0.1, 0.15) is 32.6 Å². The number of carbonyl (C=O) groups is 4. The van der Waals surface area contributed by atoms with Gasteiger partial charge in [0.25, 0.3) is 0 Å². The van der Waals surface area contributed by atoms with Crippen LogP contribution < -0.4 is 5.32 Å². The molecular formula is C12H18N2O6. The topological polar surface area (TPSA) is 124 Å². The molecule has 0 bridgehead atoms. The number of carboxylic acid groups (broad SMARTS) is 2. The van der Waals surface area contributed by atoms with Gasteiger partial charge in [0, 0.05) is 13.0 Å². The molecule has 1 saturated heterocycles. The lowest BCUT2D eigenvalue weighted by Crippen LogP contribution is -2.50. The molecule has 1 aliphatic rings. The second-order valence-corrected chi connectivity index (χ2v) is 4.71. The standard InChI is InChI=1S/C12H18N2O6/c1-7(13-9(15)4-5-10(16)17)11(18)14-6-2-3-8(14)12(19)20/h7-8H,2-6H2,1H3,(H,13,15)(H,16,17)(H,19,20). The summed E-state index contributed by atoms with van der Waals surface area (Å²) in [7, 11) is 0. The summed E-state index contributed by atoms with van der Waals surface area (Å²) in [6.45, 7) is 1.81. The van der Waals surface area contributed by atoms with Crippen LogP contribution in [-0.2, 0) is 19.2 Å². The Bertz CT molecular complexity index is 422. The Morgan fingerprint density at radius 2 is 1.90 bits per heavy atom. The van der Waals surface area contributed by atoms with E-state index in [2.05, 4.69) is 5.32 Å². The summed E-state index contributed by atoms with van der Waals surface area (Å²) in [5, 5.41) is 19.8. The van der Waals surface area contributed by atoms with E-state index in [9.17, 15) is 19.2 Å². The minimum absolute atomic E-state index is 0.213. The maximum Gasteiger partial charge on any atom is 0.326 e. The first-order chi connectivity index (χ1) is 9.32. The van der Waals surface area contributed by atoms with E-state index < -0.39 is 35.8 Å². The van der Waals surface area contributed by atoms with Gasteiger partial charge in [-0.1, -0.05) is 0 Å². The molecule has 3 N–H and O–H groups in total. The van der Waals surface area contributed by atoms with Crippen molar-refractivity contribution >= 4 is 23.8 Å². The highest BCUT2D eigenvalue weighted by atomic mass is 16.4. The number of carbonyl (C=O) groups excluding carboxylic acids is 2. The van der Waals surface area contributed by atoms with Crippen LogP contribution in [0.15, 0.2) is 0 Å². The van der Waals surface area contributed by atoms with E-state index in [1.807, 2.05) is 0 Å². The third-order valence-corrected chi connectivity index (χ3v) is 3.13. The Balaban J connectivity index is 2.52. The Labute approximate surface area is 115 Å². The van der Waals surface area contributed by atoms with Gasteiger partial charge in [-0.25, -0.2) is 4.79 Å². The highest BCUT2D eigenvalue weighted by molar-refractivity contribution is 5.91. The Hall–Kier alpha value is -2.12. The van der Waals surface area contributed by atoms with Crippen molar-refractivity contribution in [2.45, 2.75) is 44.7 Å². The smallest absolute Gasteiger partial charge is 0.326 e. The molecule has 2 unspecified atom stereocenters. The minimum atomic E-state index is -1.09. The second kappa shape index (κ2) is 6.88. The van der Waals surface area contributed by atoms with Gasteiger partial charge in [0.2, 0.25) is 11.8 Å². The van der Waals surface area contributed by atoms with Gasteiger partial charge in [0.15, 0.2) is 0 Å². The first-order valence-corrected chi connectivity index (χ1v) is 6.37. The normalized spacial score (nSPS) is 19.4. The summed E-state index contributed by atoms with van der Waals surface area (Å²) in [5.41, 5.74) is 0. The number of rotatable bonds is 6. The zero-order valence-corrected chi connectivity index (χ0v) is 11.2. The van der Waals surface area contributed by atoms with Crippen molar-refractivity contribution < 1.29 is 29.4 Å². The van der Waals surface area contributed by atoms with Gasteiger partial charge in [0.1, 0.15) is 12.1 Å². The minimum Gasteiger partial charge on any atom is -0.481 e.